The number of hydrogen-bond acceptors (Lipinski definition) is 5. The quantitative estimate of drug-likeness (QED) is 0.798. The van der Waals surface area contributed by atoms with E-state index in [-0.39, 0.29) is 6.09 Å². The molecule has 0 unspecified atom stereocenters. The minimum Gasteiger partial charge on any atom is -0.444 e. The highest BCUT2D eigenvalue weighted by molar-refractivity contribution is 5.67. The van der Waals surface area contributed by atoms with Gasteiger partial charge < -0.3 is 15.4 Å². The molecule has 1 rings (SSSR count). The minimum atomic E-state index is -0.458. The molecule has 1 amide bonds. The first-order chi connectivity index (χ1) is 8.87. The zero-order valence-corrected chi connectivity index (χ0v) is 12.0. The van der Waals surface area contributed by atoms with Crippen molar-refractivity contribution in [2.75, 3.05) is 18.4 Å². The van der Waals surface area contributed by atoms with Gasteiger partial charge in [0.1, 0.15) is 17.7 Å². The van der Waals surface area contributed by atoms with E-state index in [0.717, 1.165) is 24.5 Å². The Hall–Kier alpha value is -1.85. The number of nitrogens with zero attached hydrogens (tertiary/aromatic N) is 2. The van der Waals surface area contributed by atoms with Gasteiger partial charge in [-0.25, -0.2) is 14.8 Å². The van der Waals surface area contributed by atoms with E-state index in [2.05, 4.69) is 20.6 Å². The number of aromatic nitrogens is 2. The van der Waals surface area contributed by atoms with Crippen molar-refractivity contribution in [1.82, 2.24) is 15.3 Å². The number of nitrogens with one attached hydrogen (secondary N) is 2. The Bertz CT molecular complexity index is 415. The van der Waals surface area contributed by atoms with E-state index in [1.165, 1.54) is 6.33 Å². The molecule has 0 saturated heterocycles. The molecule has 0 fully saturated rings. The van der Waals surface area contributed by atoms with E-state index in [1.807, 2.05) is 33.8 Å². The van der Waals surface area contributed by atoms with Gasteiger partial charge in [-0.1, -0.05) is 0 Å². The van der Waals surface area contributed by atoms with E-state index in [9.17, 15) is 4.79 Å². The van der Waals surface area contributed by atoms with Crippen LogP contribution in [0.2, 0.25) is 0 Å². The van der Waals surface area contributed by atoms with Gasteiger partial charge in [-0.15, -0.1) is 0 Å². The molecule has 1 aromatic heterocycles. The summed E-state index contributed by atoms with van der Waals surface area (Å²) in [6.45, 7) is 8.72. The maximum Gasteiger partial charge on any atom is 0.407 e. The normalized spacial score (nSPS) is 10.9. The SMILES string of the molecule is Cc1cc(NCCCNC(=O)OC(C)(C)C)ncn1. The fourth-order valence-electron chi connectivity index (χ4n) is 1.36. The van der Waals surface area contributed by atoms with Crippen molar-refractivity contribution >= 4 is 11.9 Å². The van der Waals surface area contributed by atoms with E-state index < -0.39 is 5.60 Å². The number of carbonyl (C=O) groups is 1. The molecule has 0 aliphatic heterocycles. The summed E-state index contributed by atoms with van der Waals surface area (Å²) in [6, 6.07) is 1.88. The lowest BCUT2D eigenvalue weighted by molar-refractivity contribution is 0.0528. The molecular formula is C13H22N4O2. The molecule has 0 aliphatic rings. The van der Waals surface area contributed by atoms with Crippen LogP contribution in [-0.2, 0) is 4.74 Å². The first-order valence-electron chi connectivity index (χ1n) is 6.36. The summed E-state index contributed by atoms with van der Waals surface area (Å²) in [7, 11) is 0. The molecule has 6 nitrogen and oxygen atoms in total. The van der Waals surface area contributed by atoms with Crippen LogP contribution in [0.15, 0.2) is 12.4 Å². The van der Waals surface area contributed by atoms with E-state index in [0.29, 0.717) is 6.54 Å². The van der Waals surface area contributed by atoms with Gasteiger partial charge in [0.25, 0.3) is 0 Å². The summed E-state index contributed by atoms with van der Waals surface area (Å²) in [5, 5.41) is 5.87. The van der Waals surface area contributed by atoms with Crippen molar-refractivity contribution in [3.8, 4) is 0 Å². The molecule has 0 bridgehead atoms. The average molecular weight is 266 g/mol. The molecule has 106 valence electrons. The predicted molar refractivity (Wildman–Crippen MR) is 74.1 cm³/mol. The van der Waals surface area contributed by atoms with E-state index in [1.54, 1.807) is 0 Å². The number of carbonyl (C=O) groups excluding carboxylic acids is 1. The van der Waals surface area contributed by atoms with Crippen LogP contribution in [0.1, 0.15) is 32.9 Å². The molecule has 0 saturated carbocycles. The molecule has 0 aromatic carbocycles. The maximum atomic E-state index is 11.4. The van der Waals surface area contributed by atoms with Gasteiger partial charge >= 0.3 is 6.09 Å². The van der Waals surface area contributed by atoms with Crippen molar-refractivity contribution in [3.05, 3.63) is 18.1 Å². The zero-order valence-electron chi connectivity index (χ0n) is 12.0. The molecular weight excluding hydrogens is 244 g/mol. The first kappa shape index (κ1) is 15.2. The van der Waals surface area contributed by atoms with Crippen LogP contribution in [0.25, 0.3) is 0 Å². The molecule has 6 heteroatoms. The highest BCUT2D eigenvalue weighted by Gasteiger charge is 2.15. The second kappa shape index (κ2) is 6.92. The third kappa shape index (κ3) is 7.23. The Kier molecular flexibility index (Phi) is 5.54. The Labute approximate surface area is 114 Å². The lowest BCUT2D eigenvalue weighted by Gasteiger charge is -2.19. The molecule has 0 aliphatic carbocycles. The van der Waals surface area contributed by atoms with Gasteiger partial charge in [-0.3, -0.25) is 0 Å². The van der Waals surface area contributed by atoms with Crippen molar-refractivity contribution in [1.29, 1.82) is 0 Å². The van der Waals surface area contributed by atoms with Gasteiger partial charge in [-0.2, -0.15) is 0 Å². The van der Waals surface area contributed by atoms with Crippen molar-refractivity contribution in [2.45, 2.75) is 39.7 Å². The summed E-state index contributed by atoms with van der Waals surface area (Å²) in [6.07, 6.45) is 1.93. The second-order valence-electron chi connectivity index (χ2n) is 5.25. The van der Waals surface area contributed by atoms with Crippen molar-refractivity contribution in [3.63, 3.8) is 0 Å². The Balaban J connectivity index is 2.13. The standard InChI is InChI=1S/C13H22N4O2/c1-10-8-11(17-9-16-10)14-6-5-7-15-12(18)19-13(2,3)4/h8-9H,5-7H2,1-4H3,(H,15,18)(H,14,16,17). The van der Waals surface area contributed by atoms with Gasteiger partial charge in [0.05, 0.1) is 0 Å². The van der Waals surface area contributed by atoms with Crippen molar-refractivity contribution in [2.24, 2.45) is 0 Å². The van der Waals surface area contributed by atoms with Gasteiger partial charge in [0, 0.05) is 24.8 Å². The number of rotatable bonds is 5. The third-order valence-electron chi connectivity index (χ3n) is 2.13. The lowest BCUT2D eigenvalue weighted by Crippen LogP contribution is -2.33. The number of aryl methyl sites for hydroxylation is 1. The largest absolute Gasteiger partial charge is 0.444 e. The Morgan fingerprint density at radius 3 is 2.68 bits per heavy atom. The Morgan fingerprint density at radius 1 is 1.32 bits per heavy atom. The van der Waals surface area contributed by atoms with Crippen LogP contribution in [0.4, 0.5) is 10.6 Å². The second-order valence-corrected chi connectivity index (χ2v) is 5.25. The fourth-order valence-corrected chi connectivity index (χ4v) is 1.36. The lowest BCUT2D eigenvalue weighted by atomic mass is 10.2. The molecule has 19 heavy (non-hydrogen) atoms. The maximum absolute atomic E-state index is 11.4. The van der Waals surface area contributed by atoms with Crippen LogP contribution in [-0.4, -0.2) is 34.8 Å². The summed E-state index contributed by atoms with van der Waals surface area (Å²) >= 11 is 0. The molecule has 1 heterocycles. The van der Waals surface area contributed by atoms with E-state index in [4.69, 9.17) is 4.74 Å². The van der Waals surface area contributed by atoms with Crippen LogP contribution in [0.3, 0.4) is 0 Å². The molecule has 0 spiro atoms. The van der Waals surface area contributed by atoms with Crippen LogP contribution >= 0.6 is 0 Å². The molecule has 1 aromatic rings. The summed E-state index contributed by atoms with van der Waals surface area (Å²) in [5.74, 6) is 0.796. The monoisotopic (exact) mass is 266 g/mol. The summed E-state index contributed by atoms with van der Waals surface area (Å²) in [5.41, 5.74) is 0.463. The van der Waals surface area contributed by atoms with E-state index >= 15 is 0 Å². The third-order valence-corrected chi connectivity index (χ3v) is 2.13. The summed E-state index contributed by atoms with van der Waals surface area (Å²) in [4.78, 5) is 19.5. The van der Waals surface area contributed by atoms with Gasteiger partial charge in [0.2, 0.25) is 0 Å². The Morgan fingerprint density at radius 2 is 2.05 bits per heavy atom. The highest BCUT2D eigenvalue weighted by atomic mass is 16.6. The smallest absolute Gasteiger partial charge is 0.407 e. The molecule has 2 N–H and O–H groups in total. The number of amides is 1. The number of anilines is 1. The number of alkyl carbamates (subject to hydrolysis) is 1. The number of ether oxygens (including phenoxy) is 1. The predicted octanol–water partition coefficient (Wildman–Crippen LogP) is 2.11. The van der Waals surface area contributed by atoms with Gasteiger partial charge in [-0.05, 0) is 34.1 Å². The first-order valence-corrected chi connectivity index (χ1v) is 6.36. The minimum absolute atomic E-state index is 0.384. The molecule has 0 radical (unpaired) electrons. The molecule has 0 atom stereocenters. The topological polar surface area (TPSA) is 76.1 Å². The zero-order chi connectivity index (χ0) is 14.3. The highest BCUT2D eigenvalue weighted by Crippen LogP contribution is 2.06. The van der Waals surface area contributed by atoms with Crippen LogP contribution < -0.4 is 10.6 Å². The number of hydrogen-bond donors (Lipinski definition) is 2. The van der Waals surface area contributed by atoms with Crippen LogP contribution in [0, 0.1) is 6.92 Å². The fraction of sp³-hybridized carbons (Fsp3) is 0.615. The van der Waals surface area contributed by atoms with Gasteiger partial charge in [0.15, 0.2) is 0 Å². The summed E-state index contributed by atoms with van der Waals surface area (Å²) < 4.78 is 5.13. The average Bonchev–Trinajstić information content (AvgIpc) is 2.26. The van der Waals surface area contributed by atoms with Crippen LogP contribution in [0.5, 0.6) is 0 Å². The van der Waals surface area contributed by atoms with Crippen molar-refractivity contribution < 1.29 is 9.53 Å².